The maximum absolute atomic E-state index is 12.8. The standard InChI is InChI=1S/C18H16F3NO/c19-18(20,21)15-7-3-6-13(11-15)17(23)16-8-2-1-5-14(16)12-22-9-4-10-22/h1-3,5-8,11H,4,9-10,12H2. The van der Waals surface area contributed by atoms with Crippen molar-refractivity contribution in [1.82, 2.24) is 4.90 Å². The molecule has 23 heavy (non-hydrogen) atoms. The zero-order chi connectivity index (χ0) is 16.4. The fourth-order valence-corrected chi connectivity index (χ4v) is 2.65. The zero-order valence-electron chi connectivity index (χ0n) is 12.4. The van der Waals surface area contributed by atoms with Gasteiger partial charge in [-0.25, -0.2) is 0 Å². The topological polar surface area (TPSA) is 20.3 Å². The Morgan fingerprint density at radius 1 is 1.04 bits per heavy atom. The van der Waals surface area contributed by atoms with E-state index in [1.165, 1.54) is 12.1 Å². The van der Waals surface area contributed by atoms with Gasteiger partial charge in [-0.1, -0.05) is 36.4 Å². The fraction of sp³-hybridized carbons (Fsp3) is 0.278. The molecule has 1 fully saturated rings. The van der Waals surface area contributed by atoms with E-state index in [9.17, 15) is 18.0 Å². The highest BCUT2D eigenvalue weighted by Crippen LogP contribution is 2.30. The minimum Gasteiger partial charge on any atom is -0.299 e. The SMILES string of the molecule is O=C(c1cccc(C(F)(F)F)c1)c1ccccc1CN1CCC1. The number of nitrogens with zero attached hydrogens (tertiary/aromatic N) is 1. The first-order valence-electron chi connectivity index (χ1n) is 7.47. The van der Waals surface area contributed by atoms with Crippen molar-refractivity contribution in [1.29, 1.82) is 0 Å². The van der Waals surface area contributed by atoms with Crippen LogP contribution < -0.4 is 0 Å². The van der Waals surface area contributed by atoms with Gasteiger partial charge in [0, 0.05) is 17.7 Å². The molecule has 0 saturated carbocycles. The van der Waals surface area contributed by atoms with Crippen LogP contribution in [-0.4, -0.2) is 23.8 Å². The molecular weight excluding hydrogens is 303 g/mol. The van der Waals surface area contributed by atoms with Crippen molar-refractivity contribution in [3.05, 3.63) is 70.8 Å². The van der Waals surface area contributed by atoms with E-state index in [1.807, 2.05) is 12.1 Å². The molecule has 0 radical (unpaired) electrons. The number of benzene rings is 2. The Morgan fingerprint density at radius 2 is 1.78 bits per heavy atom. The van der Waals surface area contributed by atoms with Gasteiger partial charge in [0.2, 0.25) is 0 Å². The lowest BCUT2D eigenvalue weighted by Crippen LogP contribution is -2.36. The van der Waals surface area contributed by atoms with E-state index in [0.29, 0.717) is 12.1 Å². The summed E-state index contributed by atoms with van der Waals surface area (Å²) in [5.41, 5.74) is 0.591. The third-order valence-corrected chi connectivity index (χ3v) is 4.06. The molecule has 0 bridgehead atoms. The number of likely N-dealkylation sites (tertiary alicyclic amines) is 1. The van der Waals surface area contributed by atoms with E-state index in [1.54, 1.807) is 12.1 Å². The number of rotatable bonds is 4. The molecule has 1 aliphatic rings. The predicted octanol–water partition coefficient (Wildman–Crippen LogP) is 4.14. The number of alkyl halides is 3. The molecular formula is C18H16F3NO. The Labute approximate surface area is 132 Å². The van der Waals surface area contributed by atoms with E-state index in [4.69, 9.17) is 0 Å². The van der Waals surface area contributed by atoms with Crippen molar-refractivity contribution in [2.45, 2.75) is 19.1 Å². The van der Waals surface area contributed by atoms with Crippen LogP contribution in [0, 0.1) is 0 Å². The molecule has 1 heterocycles. The van der Waals surface area contributed by atoms with Crippen LogP contribution in [0.1, 0.15) is 33.5 Å². The number of carbonyl (C=O) groups excluding carboxylic acids is 1. The minimum absolute atomic E-state index is 0.0656. The van der Waals surface area contributed by atoms with Crippen LogP contribution in [0.4, 0.5) is 13.2 Å². The van der Waals surface area contributed by atoms with Gasteiger partial charge >= 0.3 is 6.18 Å². The average Bonchev–Trinajstić information content (AvgIpc) is 2.50. The van der Waals surface area contributed by atoms with Crippen molar-refractivity contribution in [3.8, 4) is 0 Å². The first kappa shape index (κ1) is 15.7. The molecule has 0 N–H and O–H groups in total. The summed E-state index contributed by atoms with van der Waals surface area (Å²) in [7, 11) is 0. The van der Waals surface area contributed by atoms with Gasteiger partial charge in [-0.3, -0.25) is 9.69 Å². The summed E-state index contributed by atoms with van der Waals surface area (Å²) in [6, 6.07) is 11.7. The Bertz CT molecular complexity index is 720. The summed E-state index contributed by atoms with van der Waals surface area (Å²) in [5, 5.41) is 0. The summed E-state index contributed by atoms with van der Waals surface area (Å²) in [5.74, 6) is -0.368. The monoisotopic (exact) mass is 319 g/mol. The van der Waals surface area contributed by atoms with Gasteiger partial charge in [-0.15, -0.1) is 0 Å². The smallest absolute Gasteiger partial charge is 0.299 e. The fourth-order valence-electron chi connectivity index (χ4n) is 2.65. The number of halogens is 3. The number of ketones is 1. The lowest BCUT2D eigenvalue weighted by Gasteiger charge is -2.31. The van der Waals surface area contributed by atoms with E-state index in [2.05, 4.69) is 4.90 Å². The molecule has 2 aromatic carbocycles. The molecule has 0 amide bonds. The Morgan fingerprint density at radius 3 is 2.43 bits per heavy atom. The third-order valence-electron chi connectivity index (χ3n) is 4.06. The molecule has 0 unspecified atom stereocenters. The van der Waals surface area contributed by atoms with Crippen LogP contribution in [0.5, 0.6) is 0 Å². The van der Waals surface area contributed by atoms with Crippen LogP contribution in [-0.2, 0) is 12.7 Å². The van der Waals surface area contributed by atoms with Gasteiger partial charge in [-0.2, -0.15) is 13.2 Å². The summed E-state index contributed by atoms with van der Waals surface area (Å²) in [6.07, 6.45) is -3.31. The third kappa shape index (κ3) is 3.45. The van der Waals surface area contributed by atoms with Crippen molar-refractivity contribution < 1.29 is 18.0 Å². The first-order valence-corrected chi connectivity index (χ1v) is 7.47. The van der Waals surface area contributed by atoms with Crippen molar-refractivity contribution >= 4 is 5.78 Å². The van der Waals surface area contributed by atoms with Gasteiger partial charge in [0.05, 0.1) is 5.56 Å². The van der Waals surface area contributed by atoms with Crippen molar-refractivity contribution in [2.24, 2.45) is 0 Å². The number of hydrogen-bond donors (Lipinski definition) is 0. The molecule has 1 saturated heterocycles. The van der Waals surface area contributed by atoms with E-state index < -0.39 is 11.7 Å². The molecule has 2 nitrogen and oxygen atoms in total. The molecule has 3 rings (SSSR count). The highest BCUT2D eigenvalue weighted by molar-refractivity contribution is 6.10. The van der Waals surface area contributed by atoms with Gasteiger partial charge < -0.3 is 0 Å². The second kappa shape index (κ2) is 6.16. The summed E-state index contributed by atoms with van der Waals surface area (Å²) in [6.45, 7) is 2.64. The lowest BCUT2D eigenvalue weighted by atomic mass is 9.96. The van der Waals surface area contributed by atoms with Crippen LogP contribution >= 0.6 is 0 Å². The van der Waals surface area contributed by atoms with Crippen LogP contribution in [0.3, 0.4) is 0 Å². The molecule has 2 aromatic rings. The second-order valence-corrected chi connectivity index (χ2v) is 5.69. The summed E-state index contributed by atoms with van der Waals surface area (Å²) >= 11 is 0. The van der Waals surface area contributed by atoms with Crippen LogP contribution in [0.15, 0.2) is 48.5 Å². The van der Waals surface area contributed by atoms with Crippen molar-refractivity contribution in [3.63, 3.8) is 0 Å². The summed E-state index contributed by atoms with van der Waals surface area (Å²) in [4.78, 5) is 14.9. The molecule has 0 aliphatic carbocycles. The van der Waals surface area contributed by atoms with Crippen LogP contribution in [0.25, 0.3) is 0 Å². The molecule has 5 heteroatoms. The molecule has 1 aliphatic heterocycles. The van der Waals surface area contributed by atoms with Gasteiger partial charge in [0.15, 0.2) is 5.78 Å². The Kier molecular flexibility index (Phi) is 4.22. The Balaban J connectivity index is 1.91. The maximum atomic E-state index is 12.8. The van der Waals surface area contributed by atoms with E-state index in [0.717, 1.165) is 37.2 Å². The molecule has 120 valence electrons. The average molecular weight is 319 g/mol. The minimum atomic E-state index is -4.45. The largest absolute Gasteiger partial charge is 0.416 e. The van der Waals surface area contributed by atoms with Crippen LogP contribution in [0.2, 0.25) is 0 Å². The van der Waals surface area contributed by atoms with E-state index >= 15 is 0 Å². The number of hydrogen-bond acceptors (Lipinski definition) is 2. The highest BCUT2D eigenvalue weighted by Gasteiger charge is 2.31. The summed E-state index contributed by atoms with van der Waals surface area (Å²) < 4.78 is 38.5. The quantitative estimate of drug-likeness (QED) is 0.789. The highest BCUT2D eigenvalue weighted by atomic mass is 19.4. The maximum Gasteiger partial charge on any atom is 0.416 e. The normalized spacial score (nSPS) is 15.3. The lowest BCUT2D eigenvalue weighted by molar-refractivity contribution is -0.137. The molecule has 0 spiro atoms. The van der Waals surface area contributed by atoms with Gasteiger partial charge in [0.1, 0.15) is 0 Å². The predicted molar refractivity (Wildman–Crippen MR) is 81.2 cm³/mol. The molecule has 0 aromatic heterocycles. The first-order chi connectivity index (χ1) is 10.9. The number of carbonyl (C=O) groups is 1. The van der Waals surface area contributed by atoms with E-state index in [-0.39, 0.29) is 11.3 Å². The van der Waals surface area contributed by atoms with Crippen molar-refractivity contribution in [2.75, 3.05) is 13.1 Å². The Hall–Kier alpha value is -2.14. The molecule has 0 atom stereocenters. The second-order valence-electron chi connectivity index (χ2n) is 5.69. The van der Waals surface area contributed by atoms with Gasteiger partial charge in [0.25, 0.3) is 0 Å². The van der Waals surface area contributed by atoms with Gasteiger partial charge in [-0.05, 0) is 37.2 Å². The zero-order valence-corrected chi connectivity index (χ0v) is 12.4.